The summed E-state index contributed by atoms with van der Waals surface area (Å²) >= 11 is 0. The molecule has 0 radical (unpaired) electrons. The number of alkyl halides is 3. The van der Waals surface area contributed by atoms with Crippen molar-refractivity contribution in [2.45, 2.75) is 36.6 Å². The molecule has 140 valence electrons. The van der Waals surface area contributed by atoms with E-state index in [0.29, 0.717) is 0 Å². The first-order chi connectivity index (χ1) is 12.1. The van der Waals surface area contributed by atoms with E-state index in [1.54, 1.807) is 12.1 Å². The van der Waals surface area contributed by atoms with Gasteiger partial charge in [0.2, 0.25) is 0 Å². The van der Waals surface area contributed by atoms with E-state index in [1.807, 2.05) is 6.92 Å². The maximum Gasteiger partial charge on any atom is 0.425 e. The minimum absolute atomic E-state index is 0.0507. The van der Waals surface area contributed by atoms with Gasteiger partial charge in [-0.3, -0.25) is 4.72 Å². The fourth-order valence-corrected chi connectivity index (χ4v) is 3.69. The summed E-state index contributed by atoms with van der Waals surface area (Å²) in [5.74, 6) is -0.121. The standard InChI is InChI=1S/C17H16F3NO4S/c1-10-2-5-12(6-3-10)26(23,24)21-11-4-7-15-13(8-11)14(22)9-16(25-15)17(18,19)20/h2-8,14,16,21-22H,9H2,1H3. The van der Waals surface area contributed by atoms with Crippen LogP contribution < -0.4 is 9.46 Å². The van der Waals surface area contributed by atoms with Crippen LogP contribution in [0.5, 0.6) is 5.75 Å². The Morgan fingerprint density at radius 3 is 2.42 bits per heavy atom. The molecule has 2 aromatic carbocycles. The van der Waals surface area contributed by atoms with Gasteiger partial charge in [0.1, 0.15) is 5.75 Å². The van der Waals surface area contributed by atoms with Gasteiger partial charge in [0, 0.05) is 17.7 Å². The number of halogens is 3. The van der Waals surface area contributed by atoms with E-state index in [4.69, 9.17) is 4.74 Å². The second-order valence-electron chi connectivity index (χ2n) is 6.07. The number of hydrogen-bond donors (Lipinski definition) is 2. The molecule has 1 aliphatic heterocycles. The number of aryl methyl sites for hydroxylation is 1. The molecule has 0 spiro atoms. The van der Waals surface area contributed by atoms with Gasteiger partial charge in [0.05, 0.1) is 11.0 Å². The van der Waals surface area contributed by atoms with Gasteiger partial charge in [-0.15, -0.1) is 0 Å². The summed E-state index contributed by atoms with van der Waals surface area (Å²) in [6.45, 7) is 1.82. The number of nitrogens with one attached hydrogen (secondary N) is 1. The van der Waals surface area contributed by atoms with Crippen LogP contribution in [0.25, 0.3) is 0 Å². The number of anilines is 1. The average Bonchev–Trinajstić information content (AvgIpc) is 2.54. The summed E-state index contributed by atoms with van der Waals surface area (Å²) in [7, 11) is -3.86. The summed E-state index contributed by atoms with van der Waals surface area (Å²) in [6.07, 6.45) is -8.75. The van der Waals surface area contributed by atoms with Crippen LogP contribution in [-0.2, 0) is 10.0 Å². The zero-order valence-electron chi connectivity index (χ0n) is 13.6. The largest absolute Gasteiger partial charge is 0.480 e. The van der Waals surface area contributed by atoms with Gasteiger partial charge >= 0.3 is 6.18 Å². The van der Waals surface area contributed by atoms with Crippen molar-refractivity contribution in [1.29, 1.82) is 0 Å². The van der Waals surface area contributed by atoms with Crippen molar-refractivity contribution < 1.29 is 31.4 Å². The van der Waals surface area contributed by atoms with Crippen LogP contribution in [0.4, 0.5) is 18.9 Å². The van der Waals surface area contributed by atoms with E-state index in [9.17, 15) is 26.7 Å². The highest BCUT2D eigenvalue weighted by molar-refractivity contribution is 7.92. The van der Waals surface area contributed by atoms with Gasteiger partial charge in [0.15, 0.2) is 6.10 Å². The van der Waals surface area contributed by atoms with E-state index in [-0.39, 0.29) is 21.9 Å². The molecular formula is C17H16F3NO4S. The predicted molar refractivity (Wildman–Crippen MR) is 88.5 cm³/mol. The molecule has 2 unspecified atom stereocenters. The molecular weight excluding hydrogens is 371 g/mol. The number of sulfonamides is 1. The highest BCUT2D eigenvalue weighted by Gasteiger charge is 2.46. The van der Waals surface area contributed by atoms with E-state index < -0.39 is 34.8 Å². The van der Waals surface area contributed by atoms with Crippen LogP contribution in [0.3, 0.4) is 0 Å². The van der Waals surface area contributed by atoms with Gasteiger partial charge in [-0.25, -0.2) is 8.42 Å². The average molecular weight is 387 g/mol. The second kappa shape index (κ2) is 6.48. The van der Waals surface area contributed by atoms with Crippen molar-refractivity contribution >= 4 is 15.7 Å². The molecule has 5 nitrogen and oxygen atoms in total. The minimum atomic E-state index is -4.59. The molecule has 0 saturated carbocycles. The van der Waals surface area contributed by atoms with E-state index in [0.717, 1.165) is 5.56 Å². The Kier molecular flexibility index (Phi) is 4.61. The first kappa shape index (κ1) is 18.5. The smallest absolute Gasteiger partial charge is 0.425 e. The van der Waals surface area contributed by atoms with Gasteiger partial charge in [0.25, 0.3) is 10.0 Å². The quantitative estimate of drug-likeness (QED) is 0.845. The van der Waals surface area contributed by atoms with Crippen LogP contribution in [0, 0.1) is 6.92 Å². The van der Waals surface area contributed by atoms with Crippen LogP contribution >= 0.6 is 0 Å². The van der Waals surface area contributed by atoms with Crippen molar-refractivity contribution in [3.63, 3.8) is 0 Å². The maximum absolute atomic E-state index is 12.8. The molecule has 1 aliphatic rings. The zero-order valence-corrected chi connectivity index (χ0v) is 14.4. The van der Waals surface area contributed by atoms with E-state index >= 15 is 0 Å². The second-order valence-corrected chi connectivity index (χ2v) is 7.75. The van der Waals surface area contributed by atoms with Crippen molar-refractivity contribution in [3.8, 4) is 5.75 Å². The van der Waals surface area contributed by atoms with E-state index in [2.05, 4.69) is 4.72 Å². The first-order valence-corrected chi connectivity index (χ1v) is 9.19. The molecule has 2 aromatic rings. The molecule has 0 fully saturated rings. The van der Waals surface area contributed by atoms with Crippen molar-refractivity contribution in [2.24, 2.45) is 0 Å². The molecule has 2 N–H and O–H groups in total. The van der Waals surface area contributed by atoms with Crippen LogP contribution in [0.2, 0.25) is 0 Å². The van der Waals surface area contributed by atoms with Gasteiger partial charge < -0.3 is 9.84 Å². The minimum Gasteiger partial charge on any atom is -0.480 e. The number of ether oxygens (including phenoxy) is 1. The maximum atomic E-state index is 12.8. The van der Waals surface area contributed by atoms with Gasteiger partial charge in [-0.05, 0) is 37.3 Å². The Morgan fingerprint density at radius 2 is 1.81 bits per heavy atom. The molecule has 0 aromatic heterocycles. The number of aliphatic hydroxyl groups is 1. The van der Waals surface area contributed by atoms with Gasteiger partial charge in [-0.1, -0.05) is 17.7 Å². The third-order valence-corrected chi connectivity index (χ3v) is 5.42. The number of aliphatic hydroxyl groups excluding tert-OH is 1. The van der Waals surface area contributed by atoms with Crippen molar-refractivity contribution in [1.82, 2.24) is 0 Å². The predicted octanol–water partition coefficient (Wildman–Crippen LogP) is 3.54. The molecule has 2 atom stereocenters. The van der Waals surface area contributed by atoms with E-state index in [1.165, 1.54) is 30.3 Å². The Labute approximate surface area is 148 Å². The highest BCUT2D eigenvalue weighted by atomic mass is 32.2. The lowest BCUT2D eigenvalue weighted by molar-refractivity contribution is -0.207. The number of rotatable bonds is 3. The summed E-state index contributed by atoms with van der Waals surface area (Å²) in [5, 5.41) is 10.0. The third-order valence-electron chi connectivity index (χ3n) is 4.02. The Balaban J connectivity index is 1.86. The summed E-state index contributed by atoms with van der Waals surface area (Å²) in [4.78, 5) is 0.0507. The lowest BCUT2D eigenvalue weighted by Gasteiger charge is -2.31. The molecule has 26 heavy (non-hydrogen) atoms. The number of benzene rings is 2. The molecule has 1 heterocycles. The Morgan fingerprint density at radius 1 is 1.15 bits per heavy atom. The lowest BCUT2D eigenvalue weighted by Crippen LogP contribution is -2.38. The van der Waals surface area contributed by atoms with Crippen LogP contribution in [0.15, 0.2) is 47.4 Å². The Hall–Kier alpha value is -2.26. The van der Waals surface area contributed by atoms with Crippen LogP contribution in [-0.4, -0.2) is 25.8 Å². The third kappa shape index (κ3) is 3.78. The molecule has 9 heteroatoms. The Bertz CT molecular complexity index is 911. The van der Waals surface area contributed by atoms with Crippen molar-refractivity contribution in [2.75, 3.05) is 4.72 Å². The number of hydrogen-bond acceptors (Lipinski definition) is 4. The monoisotopic (exact) mass is 387 g/mol. The molecule has 3 rings (SSSR count). The normalized spacial score (nSPS) is 20.2. The zero-order chi connectivity index (χ0) is 19.1. The van der Waals surface area contributed by atoms with Gasteiger partial charge in [-0.2, -0.15) is 13.2 Å². The molecule has 0 saturated heterocycles. The first-order valence-electron chi connectivity index (χ1n) is 7.71. The lowest BCUT2D eigenvalue weighted by atomic mass is 9.98. The molecule has 0 amide bonds. The molecule has 0 aliphatic carbocycles. The fourth-order valence-electron chi connectivity index (χ4n) is 2.64. The summed E-state index contributed by atoms with van der Waals surface area (Å²) < 4.78 is 70.4. The van der Waals surface area contributed by atoms with Crippen LogP contribution in [0.1, 0.15) is 23.7 Å². The molecule has 0 bridgehead atoms. The topological polar surface area (TPSA) is 75.6 Å². The summed E-state index contributed by atoms with van der Waals surface area (Å²) in [6, 6.07) is 9.97. The SMILES string of the molecule is Cc1ccc(S(=O)(=O)Nc2ccc3c(c2)C(O)CC(C(F)(F)F)O3)cc1. The fraction of sp³-hybridized carbons (Fsp3) is 0.294. The summed E-state index contributed by atoms with van der Waals surface area (Å²) in [5.41, 5.74) is 1.13. The van der Waals surface area contributed by atoms with Crippen molar-refractivity contribution in [3.05, 3.63) is 53.6 Å². The highest BCUT2D eigenvalue weighted by Crippen LogP contribution is 2.41. The number of fused-ring (bicyclic) bond motifs is 1.